The standard InChI is InChI=1S/C15H13FO5S/c1-10-6-7-14(13(16)8-10)22(18,19)21-12-5-3-4-11(9-12)15(17)20-2/h3-9H,1-2H3. The van der Waals surface area contributed by atoms with Crippen molar-refractivity contribution in [3.63, 3.8) is 0 Å². The fraction of sp³-hybridized carbons (Fsp3) is 0.133. The third-order valence-electron chi connectivity index (χ3n) is 2.82. The summed E-state index contributed by atoms with van der Waals surface area (Å²) in [6.45, 7) is 1.64. The second kappa shape index (κ2) is 6.15. The van der Waals surface area contributed by atoms with Gasteiger partial charge in [-0.25, -0.2) is 9.18 Å². The largest absolute Gasteiger partial charge is 0.465 e. The third kappa shape index (κ3) is 3.43. The number of carbonyl (C=O) groups is 1. The van der Waals surface area contributed by atoms with Crippen LogP contribution in [0.3, 0.4) is 0 Å². The molecule has 2 rings (SSSR count). The summed E-state index contributed by atoms with van der Waals surface area (Å²) in [5.74, 6) is -1.64. The number of rotatable bonds is 4. The van der Waals surface area contributed by atoms with Crippen LogP contribution in [-0.2, 0) is 14.9 Å². The number of carbonyl (C=O) groups excluding carboxylic acids is 1. The maximum atomic E-state index is 13.8. The van der Waals surface area contributed by atoms with Crippen LogP contribution in [0.15, 0.2) is 47.4 Å². The molecular weight excluding hydrogens is 311 g/mol. The molecule has 0 amide bonds. The molecule has 7 heteroatoms. The lowest BCUT2D eigenvalue weighted by Gasteiger charge is -2.09. The molecule has 116 valence electrons. The van der Waals surface area contributed by atoms with Crippen molar-refractivity contribution in [3.8, 4) is 5.75 Å². The summed E-state index contributed by atoms with van der Waals surface area (Å²) in [5.41, 5.74) is 0.712. The highest BCUT2D eigenvalue weighted by Gasteiger charge is 2.22. The second-order valence-corrected chi connectivity index (χ2v) is 6.01. The first-order valence-electron chi connectivity index (χ1n) is 6.22. The van der Waals surface area contributed by atoms with Crippen molar-refractivity contribution in [1.29, 1.82) is 0 Å². The fourth-order valence-electron chi connectivity index (χ4n) is 1.77. The lowest BCUT2D eigenvalue weighted by Crippen LogP contribution is -2.12. The summed E-state index contributed by atoms with van der Waals surface area (Å²) in [7, 11) is -3.13. The van der Waals surface area contributed by atoms with Gasteiger partial charge in [-0.2, -0.15) is 8.42 Å². The van der Waals surface area contributed by atoms with Crippen LogP contribution in [-0.4, -0.2) is 21.5 Å². The molecule has 0 aliphatic rings. The van der Waals surface area contributed by atoms with Crippen molar-refractivity contribution in [2.45, 2.75) is 11.8 Å². The zero-order valence-electron chi connectivity index (χ0n) is 11.9. The van der Waals surface area contributed by atoms with E-state index < -0.39 is 26.8 Å². The van der Waals surface area contributed by atoms with E-state index in [0.29, 0.717) is 5.56 Å². The zero-order chi connectivity index (χ0) is 16.3. The van der Waals surface area contributed by atoms with Crippen LogP contribution >= 0.6 is 0 Å². The predicted molar refractivity (Wildman–Crippen MR) is 76.7 cm³/mol. The van der Waals surface area contributed by atoms with Crippen LogP contribution in [0.2, 0.25) is 0 Å². The zero-order valence-corrected chi connectivity index (χ0v) is 12.7. The maximum Gasteiger partial charge on any atom is 0.342 e. The Bertz CT molecular complexity index is 814. The molecule has 0 saturated heterocycles. The van der Waals surface area contributed by atoms with E-state index in [4.69, 9.17) is 4.18 Å². The van der Waals surface area contributed by atoms with Gasteiger partial charge in [0.2, 0.25) is 0 Å². The smallest absolute Gasteiger partial charge is 0.342 e. The normalized spacial score (nSPS) is 11.0. The van der Waals surface area contributed by atoms with Gasteiger partial charge in [0.05, 0.1) is 12.7 Å². The van der Waals surface area contributed by atoms with Gasteiger partial charge in [0.25, 0.3) is 0 Å². The minimum absolute atomic E-state index is 0.108. The van der Waals surface area contributed by atoms with Crippen LogP contribution in [0, 0.1) is 12.7 Å². The number of esters is 1. The summed E-state index contributed by atoms with van der Waals surface area (Å²) in [6, 6.07) is 9.11. The molecule has 0 fully saturated rings. The van der Waals surface area contributed by atoms with Gasteiger partial charge < -0.3 is 8.92 Å². The number of hydrogen-bond donors (Lipinski definition) is 0. The summed E-state index contributed by atoms with van der Waals surface area (Å²) in [4.78, 5) is 10.8. The summed E-state index contributed by atoms with van der Waals surface area (Å²) < 4.78 is 47.4. The van der Waals surface area contributed by atoms with Crippen molar-refractivity contribution < 1.29 is 26.5 Å². The Hall–Kier alpha value is -2.41. The molecule has 0 aromatic heterocycles. The van der Waals surface area contributed by atoms with Gasteiger partial charge in [0.15, 0.2) is 0 Å². The Morgan fingerprint density at radius 3 is 2.50 bits per heavy atom. The minimum atomic E-state index is -4.34. The minimum Gasteiger partial charge on any atom is -0.465 e. The first-order valence-corrected chi connectivity index (χ1v) is 7.63. The quantitative estimate of drug-likeness (QED) is 0.639. The van der Waals surface area contributed by atoms with Crippen LogP contribution in [0.1, 0.15) is 15.9 Å². The molecule has 0 N–H and O–H groups in total. The summed E-state index contributed by atoms with van der Waals surface area (Å²) in [6.07, 6.45) is 0. The van der Waals surface area contributed by atoms with Crippen molar-refractivity contribution in [2.24, 2.45) is 0 Å². The van der Waals surface area contributed by atoms with Crippen molar-refractivity contribution in [1.82, 2.24) is 0 Å². The van der Waals surface area contributed by atoms with E-state index in [0.717, 1.165) is 12.1 Å². The topological polar surface area (TPSA) is 69.7 Å². The van der Waals surface area contributed by atoms with E-state index in [2.05, 4.69) is 4.74 Å². The number of benzene rings is 2. The highest BCUT2D eigenvalue weighted by Crippen LogP contribution is 2.22. The van der Waals surface area contributed by atoms with E-state index in [9.17, 15) is 17.6 Å². The highest BCUT2D eigenvalue weighted by molar-refractivity contribution is 7.87. The van der Waals surface area contributed by atoms with Gasteiger partial charge in [-0.05, 0) is 42.8 Å². The molecule has 0 spiro atoms. The van der Waals surface area contributed by atoms with Gasteiger partial charge in [-0.15, -0.1) is 0 Å². The average Bonchev–Trinajstić information content (AvgIpc) is 2.45. The van der Waals surface area contributed by atoms with E-state index in [1.54, 1.807) is 6.92 Å². The molecule has 0 saturated carbocycles. The first kappa shape index (κ1) is 16.0. The van der Waals surface area contributed by atoms with E-state index in [1.807, 2.05) is 0 Å². The fourth-order valence-corrected chi connectivity index (χ4v) is 2.75. The molecule has 0 atom stereocenters. The van der Waals surface area contributed by atoms with Crippen LogP contribution in [0.5, 0.6) is 5.75 Å². The Kier molecular flexibility index (Phi) is 4.46. The number of halogens is 1. The van der Waals surface area contributed by atoms with Crippen LogP contribution in [0.4, 0.5) is 4.39 Å². The predicted octanol–water partition coefficient (Wildman–Crippen LogP) is 2.69. The van der Waals surface area contributed by atoms with E-state index in [1.165, 1.54) is 37.4 Å². The van der Waals surface area contributed by atoms with E-state index in [-0.39, 0.29) is 11.3 Å². The highest BCUT2D eigenvalue weighted by atomic mass is 32.2. The molecule has 5 nitrogen and oxygen atoms in total. The molecule has 2 aromatic rings. The molecule has 2 aromatic carbocycles. The van der Waals surface area contributed by atoms with Gasteiger partial charge in [-0.3, -0.25) is 0 Å². The number of ether oxygens (including phenoxy) is 1. The van der Waals surface area contributed by atoms with Crippen LogP contribution < -0.4 is 4.18 Å². The molecule has 22 heavy (non-hydrogen) atoms. The Morgan fingerprint density at radius 1 is 1.14 bits per heavy atom. The second-order valence-electron chi connectivity index (χ2n) is 4.49. The van der Waals surface area contributed by atoms with Crippen LogP contribution in [0.25, 0.3) is 0 Å². The van der Waals surface area contributed by atoms with Crippen molar-refractivity contribution >= 4 is 16.1 Å². The third-order valence-corrected chi connectivity index (χ3v) is 4.10. The first-order chi connectivity index (χ1) is 10.3. The Labute approximate surface area is 127 Å². The number of hydrogen-bond acceptors (Lipinski definition) is 5. The monoisotopic (exact) mass is 324 g/mol. The van der Waals surface area contributed by atoms with Gasteiger partial charge in [0.1, 0.15) is 16.5 Å². The lowest BCUT2D eigenvalue weighted by atomic mass is 10.2. The SMILES string of the molecule is COC(=O)c1cccc(OS(=O)(=O)c2ccc(C)cc2F)c1. The molecule has 0 unspecified atom stereocenters. The summed E-state index contributed by atoms with van der Waals surface area (Å²) >= 11 is 0. The van der Waals surface area contributed by atoms with E-state index >= 15 is 0 Å². The van der Waals surface area contributed by atoms with Crippen molar-refractivity contribution in [2.75, 3.05) is 7.11 Å². The maximum absolute atomic E-state index is 13.8. The molecular formula is C15H13FO5S. The number of methoxy groups -OCH3 is 1. The summed E-state index contributed by atoms with van der Waals surface area (Å²) in [5, 5.41) is 0. The average molecular weight is 324 g/mol. The lowest BCUT2D eigenvalue weighted by molar-refractivity contribution is 0.0600. The molecule has 0 bridgehead atoms. The number of aryl methyl sites for hydroxylation is 1. The van der Waals surface area contributed by atoms with Crippen molar-refractivity contribution in [3.05, 3.63) is 59.4 Å². The van der Waals surface area contributed by atoms with Gasteiger partial charge >= 0.3 is 16.1 Å². The molecule has 0 aliphatic carbocycles. The Balaban J connectivity index is 2.35. The molecule has 0 aliphatic heterocycles. The molecule has 0 radical (unpaired) electrons. The molecule has 0 heterocycles. The van der Waals surface area contributed by atoms with Gasteiger partial charge in [-0.1, -0.05) is 12.1 Å². The van der Waals surface area contributed by atoms with Gasteiger partial charge in [0, 0.05) is 0 Å². The Morgan fingerprint density at radius 2 is 1.86 bits per heavy atom.